The van der Waals surface area contributed by atoms with Crippen molar-refractivity contribution in [1.82, 2.24) is 4.90 Å². The van der Waals surface area contributed by atoms with Gasteiger partial charge in [0, 0.05) is 20.2 Å². The molecule has 0 N–H and O–H groups in total. The number of ether oxygens (including phenoxy) is 2. The number of carbonyl (C=O) groups is 1. The number of halogens is 3. The van der Waals surface area contributed by atoms with Crippen LogP contribution in [0.25, 0.3) is 0 Å². The first kappa shape index (κ1) is 16.3. The summed E-state index contributed by atoms with van der Waals surface area (Å²) in [6.07, 6.45) is -5.54. The van der Waals surface area contributed by atoms with Gasteiger partial charge in [-0.1, -0.05) is 30.3 Å². The van der Waals surface area contributed by atoms with Crippen molar-refractivity contribution < 1.29 is 27.4 Å². The molecule has 0 fully saturated rings. The summed E-state index contributed by atoms with van der Waals surface area (Å²) in [5, 5.41) is 0. The van der Waals surface area contributed by atoms with Crippen molar-refractivity contribution in [3.63, 3.8) is 0 Å². The Labute approximate surface area is 115 Å². The summed E-state index contributed by atoms with van der Waals surface area (Å²) in [7, 11) is 1.45. The van der Waals surface area contributed by atoms with E-state index < -0.39 is 18.9 Å². The minimum atomic E-state index is -4.53. The van der Waals surface area contributed by atoms with Crippen LogP contribution >= 0.6 is 0 Å². The Morgan fingerprint density at radius 2 is 1.90 bits per heavy atom. The lowest BCUT2D eigenvalue weighted by molar-refractivity contribution is -0.162. The van der Waals surface area contributed by atoms with Crippen molar-refractivity contribution in [1.29, 1.82) is 0 Å². The molecule has 0 saturated carbocycles. The fraction of sp³-hybridized carbons (Fsp3) is 0.462. The molecule has 0 heterocycles. The maximum absolute atomic E-state index is 12.0. The van der Waals surface area contributed by atoms with Gasteiger partial charge in [-0.3, -0.25) is 0 Å². The molecule has 112 valence electrons. The molecule has 0 spiro atoms. The number of carbonyl (C=O) groups excluding carboxylic acids is 1. The molecule has 0 unspecified atom stereocenters. The van der Waals surface area contributed by atoms with Gasteiger partial charge >= 0.3 is 12.3 Å². The number of rotatable bonds is 6. The summed E-state index contributed by atoms with van der Waals surface area (Å²) in [6, 6.07) is 8.93. The molecular formula is C13H16F3NO3. The van der Waals surface area contributed by atoms with Crippen LogP contribution in [-0.2, 0) is 16.0 Å². The molecule has 0 atom stereocenters. The zero-order valence-corrected chi connectivity index (χ0v) is 11.0. The number of methoxy groups -OCH3 is 1. The van der Waals surface area contributed by atoms with Crippen LogP contribution in [-0.4, -0.2) is 44.0 Å². The molecule has 20 heavy (non-hydrogen) atoms. The molecule has 7 heteroatoms. The monoisotopic (exact) mass is 291 g/mol. The summed E-state index contributed by atoms with van der Waals surface area (Å²) in [4.78, 5) is 12.8. The van der Waals surface area contributed by atoms with E-state index in [9.17, 15) is 18.0 Å². The maximum Gasteiger partial charge on any atom is 0.422 e. The highest BCUT2D eigenvalue weighted by Crippen LogP contribution is 2.15. The molecule has 0 aliphatic rings. The Bertz CT molecular complexity index is 409. The Balaban J connectivity index is 2.61. The van der Waals surface area contributed by atoms with Crippen LogP contribution in [0.2, 0.25) is 0 Å². The van der Waals surface area contributed by atoms with E-state index in [1.54, 1.807) is 24.3 Å². The fourth-order valence-electron chi connectivity index (χ4n) is 1.48. The van der Waals surface area contributed by atoms with Crippen molar-refractivity contribution in [3.05, 3.63) is 35.9 Å². The quantitative estimate of drug-likeness (QED) is 0.809. The van der Waals surface area contributed by atoms with E-state index in [-0.39, 0.29) is 19.7 Å². The number of amides is 1. The molecule has 1 amide bonds. The summed E-state index contributed by atoms with van der Waals surface area (Å²) < 4.78 is 45.2. The van der Waals surface area contributed by atoms with E-state index in [1.807, 2.05) is 6.07 Å². The van der Waals surface area contributed by atoms with Gasteiger partial charge in [0.2, 0.25) is 0 Å². The fourth-order valence-corrected chi connectivity index (χ4v) is 1.48. The van der Waals surface area contributed by atoms with Crippen LogP contribution in [0.15, 0.2) is 30.3 Å². The zero-order valence-electron chi connectivity index (χ0n) is 11.0. The lowest BCUT2D eigenvalue weighted by Gasteiger charge is -2.22. The van der Waals surface area contributed by atoms with E-state index in [4.69, 9.17) is 4.74 Å². The number of nitrogens with zero attached hydrogens (tertiary/aromatic N) is 1. The van der Waals surface area contributed by atoms with Gasteiger partial charge in [0.25, 0.3) is 0 Å². The second kappa shape index (κ2) is 7.74. The third kappa shape index (κ3) is 6.42. The summed E-state index contributed by atoms with van der Waals surface area (Å²) in [5.74, 6) is 0. The summed E-state index contributed by atoms with van der Waals surface area (Å²) >= 11 is 0. The lowest BCUT2D eigenvalue weighted by atomic mass is 10.2. The van der Waals surface area contributed by atoms with Crippen LogP contribution < -0.4 is 0 Å². The Morgan fingerprint density at radius 3 is 2.45 bits per heavy atom. The van der Waals surface area contributed by atoms with E-state index >= 15 is 0 Å². The second-order valence-corrected chi connectivity index (χ2v) is 4.07. The number of benzene rings is 1. The van der Waals surface area contributed by atoms with Gasteiger partial charge in [-0.05, 0) is 5.56 Å². The largest absolute Gasteiger partial charge is 0.440 e. The molecular weight excluding hydrogens is 275 g/mol. The van der Waals surface area contributed by atoms with Crippen molar-refractivity contribution in [2.75, 3.05) is 26.9 Å². The third-order valence-corrected chi connectivity index (χ3v) is 2.40. The molecule has 0 aliphatic carbocycles. The molecule has 1 rings (SSSR count). The van der Waals surface area contributed by atoms with Crippen LogP contribution in [0.1, 0.15) is 5.56 Å². The number of hydrogen-bond acceptors (Lipinski definition) is 3. The van der Waals surface area contributed by atoms with Gasteiger partial charge in [0.15, 0.2) is 6.61 Å². The lowest BCUT2D eigenvalue weighted by Crippen LogP contribution is -2.35. The molecule has 1 aromatic carbocycles. The van der Waals surface area contributed by atoms with Crippen LogP contribution in [0.5, 0.6) is 0 Å². The van der Waals surface area contributed by atoms with Crippen molar-refractivity contribution in [3.8, 4) is 0 Å². The van der Waals surface area contributed by atoms with Gasteiger partial charge in [-0.15, -0.1) is 0 Å². The van der Waals surface area contributed by atoms with E-state index in [0.717, 1.165) is 5.56 Å². The number of hydrogen-bond donors (Lipinski definition) is 0. The predicted molar refractivity (Wildman–Crippen MR) is 66.1 cm³/mol. The summed E-state index contributed by atoms with van der Waals surface area (Å²) in [6.45, 7) is -1.05. The maximum atomic E-state index is 12.0. The smallest absolute Gasteiger partial charge is 0.422 e. The molecule has 0 saturated heterocycles. The minimum absolute atomic E-state index is 0.155. The highest BCUT2D eigenvalue weighted by Gasteiger charge is 2.30. The van der Waals surface area contributed by atoms with Gasteiger partial charge in [0.05, 0.1) is 6.61 Å². The normalized spacial score (nSPS) is 11.2. The molecule has 0 bridgehead atoms. The second-order valence-electron chi connectivity index (χ2n) is 4.07. The van der Waals surface area contributed by atoms with Crippen LogP contribution in [0.4, 0.5) is 18.0 Å². The van der Waals surface area contributed by atoms with Gasteiger partial charge in [0.1, 0.15) is 0 Å². The first-order valence-electron chi connectivity index (χ1n) is 5.93. The highest BCUT2D eigenvalue weighted by molar-refractivity contribution is 5.67. The first-order chi connectivity index (χ1) is 9.42. The van der Waals surface area contributed by atoms with E-state index in [0.29, 0.717) is 0 Å². The molecule has 1 aromatic rings. The van der Waals surface area contributed by atoms with Crippen molar-refractivity contribution in [2.45, 2.75) is 12.7 Å². The Kier molecular flexibility index (Phi) is 6.30. The summed E-state index contributed by atoms with van der Waals surface area (Å²) in [5.41, 5.74) is 0.799. The van der Waals surface area contributed by atoms with Gasteiger partial charge < -0.3 is 14.4 Å². The van der Waals surface area contributed by atoms with E-state index in [1.165, 1.54) is 12.0 Å². The third-order valence-electron chi connectivity index (χ3n) is 2.40. The van der Waals surface area contributed by atoms with Crippen molar-refractivity contribution in [2.24, 2.45) is 0 Å². The topological polar surface area (TPSA) is 38.8 Å². The number of alkyl halides is 3. The average molecular weight is 291 g/mol. The van der Waals surface area contributed by atoms with Gasteiger partial charge in [-0.25, -0.2) is 4.79 Å². The predicted octanol–water partition coefficient (Wildman–Crippen LogP) is 2.83. The Hall–Kier alpha value is -1.76. The highest BCUT2D eigenvalue weighted by atomic mass is 19.4. The van der Waals surface area contributed by atoms with Crippen LogP contribution in [0, 0.1) is 0 Å². The zero-order chi connectivity index (χ0) is 15.0. The Morgan fingerprint density at radius 1 is 1.25 bits per heavy atom. The molecule has 4 nitrogen and oxygen atoms in total. The van der Waals surface area contributed by atoms with Gasteiger partial charge in [-0.2, -0.15) is 13.2 Å². The minimum Gasteiger partial charge on any atom is -0.440 e. The molecule has 0 aromatic heterocycles. The first-order valence-corrected chi connectivity index (χ1v) is 5.93. The standard InChI is InChI=1S/C13H16F3NO3/c1-19-8-7-17(9-11-5-3-2-4-6-11)12(18)20-10-13(14,15)16/h2-6H,7-10H2,1H3. The van der Waals surface area contributed by atoms with Crippen molar-refractivity contribution >= 4 is 6.09 Å². The average Bonchev–Trinajstić information content (AvgIpc) is 2.41. The molecule has 0 aliphatic heterocycles. The SMILES string of the molecule is COCCN(Cc1ccccc1)C(=O)OCC(F)(F)F. The van der Waals surface area contributed by atoms with E-state index in [2.05, 4.69) is 4.74 Å². The molecule has 0 radical (unpaired) electrons. The van der Waals surface area contributed by atoms with Crippen LogP contribution in [0.3, 0.4) is 0 Å².